The van der Waals surface area contributed by atoms with Gasteiger partial charge in [0.1, 0.15) is 0 Å². The van der Waals surface area contributed by atoms with Crippen molar-refractivity contribution in [3.05, 3.63) is 16.1 Å². The molecule has 0 radical (unpaired) electrons. The van der Waals surface area contributed by atoms with Crippen molar-refractivity contribution < 1.29 is 5.11 Å². The summed E-state index contributed by atoms with van der Waals surface area (Å²) in [6, 6.07) is 0. The van der Waals surface area contributed by atoms with E-state index in [-0.39, 0.29) is 0 Å². The average Bonchev–Trinajstić information content (AvgIpc) is 2.64. The molecule has 1 aromatic rings. The van der Waals surface area contributed by atoms with Gasteiger partial charge in [-0.1, -0.05) is 0 Å². The number of nitrogens with zero attached hydrogens (tertiary/aromatic N) is 1. The Labute approximate surface area is 81.8 Å². The number of aliphatic hydroxyl groups is 1. The molecule has 0 aromatic carbocycles. The predicted molar refractivity (Wildman–Crippen MR) is 53.0 cm³/mol. The maximum atomic E-state index is 10.1. The van der Waals surface area contributed by atoms with Crippen LogP contribution in [0.3, 0.4) is 0 Å². The Morgan fingerprint density at radius 3 is 3.15 bits per heavy atom. The number of hydrogen-bond donors (Lipinski definition) is 2. The summed E-state index contributed by atoms with van der Waals surface area (Å²) in [5, 5.41) is 13.3. The summed E-state index contributed by atoms with van der Waals surface area (Å²) in [5.41, 5.74) is 2.37. The van der Waals surface area contributed by atoms with Crippen LogP contribution in [-0.2, 0) is 6.42 Å². The summed E-state index contributed by atoms with van der Waals surface area (Å²) < 4.78 is 0. The van der Waals surface area contributed by atoms with Crippen LogP contribution in [0.4, 0.5) is 0 Å². The zero-order valence-electron chi connectivity index (χ0n) is 7.71. The minimum atomic E-state index is -0.530. The number of aryl methyl sites for hydroxylation is 1. The molecular weight excluding hydrogens is 184 g/mol. The van der Waals surface area contributed by atoms with Gasteiger partial charge in [-0.15, -0.1) is 11.3 Å². The quantitative estimate of drug-likeness (QED) is 0.736. The van der Waals surface area contributed by atoms with E-state index in [0.717, 1.165) is 25.1 Å². The lowest BCUT2D eigenvalue weighted by molar-refractivity contribution is 0.0625. The molecule has 2 N–H and O–H groups in total. The van der Waals surface area contributed by atoms with Crippen LogP contribution in [0, 0.1) is 6.92 Å². The van der Waals surface area contributed by atoms with E-state index in [4.69, 9.17) is 0 Å². The van der Waals surface area contributed by atoms with Gasteiger partial charge in [0.25, 0.3) is 0 Å². The minimum absolute atomic E-state index is 0.530. The molecule has 2 rings (SSSR count). The lowest BCUT2D eigenvalue weighted by Gasteiger charge is -2.20. The Hall–Kier alpha value is -0.450. The zero-order valence-corrected chi connectivity index (χ0v) is 8.52. The number of thiazole rings is 1. The summed E-state index contributed by atoms with van der Waals surface area (Å²) in [4.78, 5) is 5.39. The summed E-state index contributed by atoms with van der Waals surface area (Å²) >= 11 is 1.64. The van der Waals surface area contributed by atoms with Crippen molar-refractivity contribution in [2.75, 3.05) is 13.1 Å². The summed E-state index contributed by atoms with van der Waals surface area (Å²) in [7, 11) is 0. The van der Waals surface area contributed by atoms with Crippen LogP contribution >= 0.6 is 11.3 Å². The lowest BCUT2D eigenvalue weighted by atomic mass is 9.97. The topological polar surface area (TPSA) is 45.2 Å². The van der Waals surface area contributed by atoms with Gasteiger partial charge < -0.3 is 10.4 Å². The number of rotatable bonds is 2. The normalized spacial score (nSPS) is 28.2. The third-order valence-electron chi connectivity index (χ3n) is 2.56. The highest BCUT2D eigenvalue weighted by molar-refractivity contribution is 7.09. The molecule has 1 saturated heterocycles. The molecule has 0 bridgehead atoms. The Morgan fingerprint density at radius 1 is 1.77 bits per heavy atom. The van der Waals surface area contributed by atoms with Gasteiger partial charge in [-0.25, -0.2) is 4.98 Å². The van der Waals surface area contributed by atoms with E-state index in [1.807, 2.05) is 12.4 Å². The zero-order chi connectivity index (χ0) is 9.31. The largest absolute Gasteiger partial charge is 0.388 e. The van der Waals surface area contributed by atoms with E-state index >= 15 is 0 Å². The number of aromatic nitrogens is 1. The smallest absolute Gasteiger partial charge is 0.0832 e. The van der Waals surface area contributed by atoms with Gasteiger partial charge in [-0.2, -0.15) is 0 Å². The molecule has 0 spiro atoms. The molecule has 1 unspecified atom stereocenters. The number of hydrogen-bond acceptors (Lipinski definition) is 4. The van der Waals surface area contributed by atoms with Gasteiger partial charge in [0.15, 0.2) is 0 Å². The molecule has 1 atom stereocenters. The Balaban J connectivity index is 2.09. The molecule has 1 fully saturated rings. The van der Waals surface area contributed by atoms with Crippen LogP contribution in [-0.4, -0.2) is 28.8 Å². The Kier molecular flexibility index (Phi) is 2.36. The van der Waals surface area contributed by atoms with Crippen LogP contribution in [0.5, 0.6) is 0 Å². The molecule has 0 amide bonds. The SMILES string of the molecule is Cc1ncsc1CC1(O)CCNC1. The van der Waals surface area contributed by atoms with Gasteiger partial charge in [-0.3, -0.25) is 0 Å². The highest BCUT2D eigenvalue weighted by Gasteiger charge is 2.31. The first-order valence-corrected chi connectivity index (χ1v) is 5.40. The molecule has 0 aliphatic carbocycles. The van der Waals surface area contributed by atoms with Crippen LogP contribution in [0.25, 0.3) is 0 Å². The van der Waals surface area contributed by atoms with Gasteiger partial charge in [-0.05, 0) is 19.9 Å². The molecule has 0 saturated carbocycles. The standard InChI is InChI=1S/C9H14N2OS/c1-7-8(13-6-11-7)4-9(12)2-3-10-5-9/h6,10,12H,2-5H2,1H3. The van der Waals surface area contributed by atoms with Gasteiger partial charge in [0.05, 0.1) is 16.8 Å². The lowest BCUT2D eigenvalue weighted by Crippen LogP contribution is -2.33. The Morgan fingerprint density at radius 2 is 2.62 bits per heavy atom. The molecule has 72 valence electrons. The fraction of sp³-hybridized carbons (Fsp3) is 0.667. The fourth-order valence-electron chi connectivity index (χ4n) is 1.68. The van der Waals surface area contributed by atoms with Crippen molar-refractivity contribution in [1.82, 2.24) is 10.3 Å². The van der Waals surface area contributed by atoms with Crippen molar-refractivity contribution in [2.45, 2.75) is 25.4 Å². The van der Waals surface area contributed by atoms with E-state index < -0.39 is 5.60 Å². The van der Waals surface area contributed by atoms with Crippen LogP contribution in [0.2, 0.25) is 0 Å². The highest BCUT2D eigenvalue weighted by Crippen LogP contribution is 2.24. The summed E-state index contributed by atoms with van der Waals surface area (Å²) in [6.07, 6.45) is 1.60. The minimum Gasteiger partial charge on any atom is -0.388 e. The van der Waals surface area contributed by atoms with Crippen molar-refractivity contribution in [3.8, 4) is 0 Å². The first-order chi connectivity index (χ1) is 6.20. The third-order valence-corrected chi connectivity index (χ3v) is 3.49. The summed E-state index contributed by atoms with van der Waals surface area (Å²) in [6.45, 7) is 3.64. The van der Waals surface area contributed by atoms with Crippen molar-refractivity contribution in [3.63, 3.8) is 0 Å². The second-order valence-corrected chi connectivity index (χ2v) is 4.63. The van der Waals surface area contributed by atoms with Crippen molar-refractivity contribution in [1.29, 1.82) is 0 Å². The van der Waals surface area contributed by atoms with E-state index in [2.05, 4.69) is 10.3 Å². The van der Waals surface area contributed by atoms with Crippen molar-refractivity contribution in [2.24, 2.45) is 0 Å². The van der Waals surface area contributed by atoms with Crippen LogP contribution in [0.1, 0.15) is 17.0 Å². The molecule has 3 nitrogen and oxygen atoms in total. The number of nitrogens with one attached hydrogen (secondary N) is 1. The number of β-amino-alcohol motifs (C(OH)–C–C–N with tert-alkyl or cyclic N) is 1. The maximum Gasteiger partial charge on any atom is 0.0832 e. The van der Waals surface area contributed by atoms with E-state index in [9.17, 15) is 5.11 Å². The molecule has 1 aromatic heterocycles. The molecule has 1 aliphatic heterocycles. The Bertz CT molecular complexity index is 292. The molecule has 4 heteroatoms. The van der Waals surface area contributed by atoms with Gasteiger partial charge in [0, 0.05) is 17.8 Å². The fourth-order valence-corrected chi connectivity index (χ4v) is 2.59. The van der Waals surface area contributed by atoms with E-state index in [0.29, 0.717) is 6.54 Å². The second-order valence-electron chi connectivity index (χ2n) is 3.69. The third kappa shape index (κ3) is 1.90. The van der Waals surface area contributed by atoms with E-state index in [1.54, 1.807) is 11.3 Å². The average molecular weight is 198 g/mol. The maximum absolute atomic E-state index is 10.1. The van der Waals surface area contributed by atoms with Crippen LogP contribution in [0.15, 0.2) is 5.51 Å². The molecular formula is C9H14N2OS. The van der Waals surface area contributed by atoms with Crippen LogP contribution < -0.4 is 5.32 Å². The van der Waals surface area contributed by atoms with Crippen molar-refractivity contribution >= 4 is 11.3 Å². The molecule has 1 aliphatic rings. The van der Waals surface area contributed by atoms with E-state index in [1.165, 1.54) is 4.88 Å². The summed E-state index contributed by atoms with van der Waals surface area (Å²) in [5.74, 6) is 0. The predicted octanol–water partition coefficient (Wildman–Crippen LogP) is 0.718. The first-order valence-electron chi connectivity index (χ1n) is 4.52. The van der Waals surface area contributed by atoms with Gasteiger partial charge in [0.2, 0.25) is 0 Å². The monoisotopic (exact) mass is 198 g/mol. The first kappa shape index (κ1) is 9.12. The van der Waals surface area contributed by atoms with Gasteiger partial charge >= 0.3 is 0 Å². The molecule has 2 heterocycles. The molecule has 13 heavy (non-hydrogen) atoms. The second kappa shape index (κ2) is 3.36. The highest BCUT2D eigenvalue weighted by atomic mass is 32.1.